The summed E-state index contributed by atoms with van der Waals surface area (Å²) in [4.78, 5) is 17.1. The summed E-state index contributed by atoms with van der Waals surface area (Å²) in [6.45, 7) is 2.85. The van der Waals surface area contributed by atoms with Crippen molar-refractivity contribution in [3.63, 3.8) is 0 Å². The molecule has 5 rings (SSSR count). The Hall–Kier alpha value is -2.47. The zero-order chi connectivity index (χ0) is 19.7. The molecule has 0 radical (unpaired) electrons. The first-order valence-electron chi connectivity index (χ1n) is 9.68. The van der Waals surface area contributed by atoms with Crippen molar-refractivity contribution in [3.8, 4) is 0 Å². The molecule has 148 valence electrons. The number of benzene rings is 2. The molecule has 6 heteroatoms. The molecule has 3 saturated heterocycles. The second kappa shape index (κ2) is 7.87. The van der Waals surface area contributed by atoms with E-state index in [1.54, 1.807) is 42.3 Å². The minimum atomic E-state index is -0.854. The zero-order valence-corrected chi connectivity index (χ0v) is 15.9. The molecule has 2 aromatic carbocycles. The fourth-order valence-electron chi connectivity index (χ4n) is 4.30. The molecule has 0 spiro atoms. The van der Waals surface area contributed by atoms with Crippen molar-refractivity contribution >= 4 is 11.7 Å². The number of carbonyl (C=O) groups is 1. The van der Waals surface area contributed by atoms with Crippen molar-refractivity contribution in [3.05, 3.63) is 65.7 Å². The van der Waals surface area contributed by atoms with Gasteiger partial charge in [0, 0.05) is 13.6 Å². The van der Waals surface area contributed by atoms with Crippen LogP contribution in [0.2, 0.25) is 0 Å². The standard InChI is InChI=1S/C22H24F2N2O2/c1-25(19-5-3-2-4-18(19)24)21(16-6-8-17(23)9-7-16)22(27)28-20-14-26-12-10-15(20)11-13-26/h2-9,15,20-21H,10-14H2,1H3. The van der Waals surface area contributed by atoms with Crippen molar-refractivity contribution in [2.45, 2.75) is 25.0 Å². The van der Waals surface area contributed by atoms with Crippen LogP contribution in [-0.2, 0) is 9.53 Å². The van der Waals surface area contributed by atoms with Gasteiger partial charge in [0.05, 0.1) is 5.69 Å². The smallest absolute Gasteiger partial charge is 0.333 e. The van der Waals surface area contributed by atoms with E-state index in [1.807, 2.05) is 0 Å². The molecule has 3 heterocycles. The van der Waals surface area contributed by atoms with E-state index < -0.39 is 17.8 Å². The fourth-order valence-corrected chi connectivity index (χ4v) is 4.30. The van der Waals surface area contributed by atoms with Gasteiger partial charge < -0.3 is 9.64 Å². The number of anilines is 1. The number of ether oxygens (including phenoxy) is 1. The number of rotatable bonds is 5. The molecule has 0 aliphatic carbocycles. The molecule has 3 aliphatic rings. The predicted octanol–water partition coefficient (Wildman–Crippen LogP) is 3.78. The molecule has 0 saturated carbocycles. The van der Waals surface area contributed by atoms with Crippen molar-refractivity contribution < 1.29 is 18.3 Å². The monoisotopic (exact) mass is 386 g/mol. The number of hydrogen-bond donors (Lipinski definition) is 0. The molecule has 3 fully saturated rings. The summed E-state index contributed by atoms with van der Waals surface area (Å²) in [5.74, 6) is -0.868. The van der Waals surface area contributed by atoms with Crippen LogP contribution in [0.5, 0.6) is 0 Å². The third kappa shape index (κ3) is 3.74. The Bertz CT molecular complexity index is 835. The second-order valence-corrected chi connectivity index (χ2v) is 7.63. The Morgan fingerprint density at radius 2 is 1.79 bits per heavy atom. The average Bonchev–Trinajstić information content (AvgIpc) is 2.71. The molecular weight excluding hydrogens is 362 g/mol. The molecule has 28 heavy (non-hydrogen) atoms. The molecule has 2 aromatic rings. The van der Waals surface area contributed by atoms with E-state index >= 15 is 0 Å². The third-order valence-electron chi connectivity index (χ3n) is 5.89. The van der Waals surface area contributed by atoms with Gasteiger partial charge in [-0.2, -0.15) is 0 Å². The van der Waals surface area contributed by atoms with Gasteiger partial charge >= 0.3 is 5.97 Å². The highest BCUT2D eigenvalue weighted by Gasteiger charge is 2.39. The van der Waals surface area contributed by atoms with Gasteiger partial charge in [-0.25, -0.2) is 13.6 Å². The summed E-state index contributed by atoms with van der Waals surface area (Å²) in [6.07, 6.45) is 1.91. The summed E-state index contributed by atoms with van der Waals surface area (Å²) in [5, 5.41) is 0. The van der Waals surface area contributed by atoms with Gasteiger partial charge in [0.1, 0.15) is 17.7 Å². The predicted molar refractivity (Wildman–Crippen MR) is 103 cm³/mol. The molecular formula is C22H24F2N2O2. The lowest BCUT2D eigenvalue weighted by molar-refractivity contribution is -0.160. The maximum Gasteiger partial charge on any atom is 0.333 e. The van der Waals surface area contributed by atoms with Gasteiger partial charge in [0.2, 0.25) is 0 Å². The number of nitrogens with zero attached hydrogens (tertiary/aromatic N) is 2. The number of halogens is 2. The molecule has 4 nitrogen and oxygen atoms in total. The Labute approximate surface area is 163 Å². The van der Waals surface area contributed by atoms with E-state index in [0.29, 0.717) is 17.2 Å². The molecule has 3 aliphatic heterocycles. The van der Waals surface area contributed by atoms with E-state index in [9.17, 15) is 13.6 Å². The highest BCUT2D eigenvalue weighted by molar-refractivity contribution is 5.82. The Morgan fingerprint density at radius 3 is 2.39 bits per heavy atom. The lowest BCUT2D eigenvalue weighted by Gasteiger charge is -2.44. The Balaban J connectivity index is 1.61. The fraction of sp³-hybridized carbons (Fsp3) is 0.409. The zero-order valence-electron chi connectivity index (χ0n) is 15.9. The molecule has 0 N–H and O–H groups in total. The van der Waals surface area contributed by atoms with Gasteiger partial charge in [0.15, 0.2) is 6.04 Å². The van der Waals surface area contributed by atoms with Crippen LogP contribution in [0.3, 0.4) is 0 Å². The van der Waals surface area contributed by atoms with Crippen LogP contribution in [0, 0.1) is 17.6 Å². The molecule has 2 atom stereocenters. The van der Waals surface area contributed by atoms with Crippen LogP contribution in [-0.4, -0.2) is 43.7 Å². The minimum absolute atomic E-state index is 0.146. The van der Waals surface area contributed by atoms with Crippen molar-refractivity contribution in [2.24, 2.45) is 5.92 Å². The number of esters is 1. The first-order chi connectivity index (χ1) is 13.5. The van der Waals surface area contributed by atoms with Crippen LogP contribution < -0.4 is 4.90 Å². The van der Waals surface area contributed by atoms with Crippen LogP contribution in [0.1, 0.15) is 24.4 Å². The van der Waals surface area contributed by atoms with Crippen LogP contribution in [0.15, 0.2) is 48.5 Å². The first kappa shape index (κ1) is 18.9. The van der Waals surface area contributed by atoms with E-state index in [-0.39, 0.29) is 11.9 Å². The normalized spacial score (nSPS) is 24.6. The van der Waals surface area contributed by atoms with Gasteiger partial charge in [0.25, 0.3) is 0 Å². The third-order valence-corrected chi connectivity index (χ3v) is 5.89. The van der Waals surface area contributed by atoms with Crippen molar-refractivity contribution in [1.82, 2.24) is 4.90 Å². The van der Waals surface area contributed by atoms with Crippen LogP contribution >= 0.6 is 0 Å². The summed E-state index contributed by atoms with van der Waals surface area (Å²) in [6, 6.07) is 11.1. The summed E-state index contributed by atoms with van der Waals surface area (Å²) >= 11 is 0. The maximum absolute atomic E-state index is 14.4. The second-order valence-electron chi connectivity index (χ2n) is 7.63. The van der Waals surface area contributed by atoms with Gasteiger partial charge in [-0.05, 0) is 61.7 Å². The SMILES string of the molecule is CN(c1ccccc1F)C(C(=O)OC1CN2CCC1CC2)c1ccc(F)cc1. The molecule has 0 aromatic heterocycles. The highest BCUT2D eigenvalue weighted by Crippen LogP contribution is 2.33. The van der Waals surface area contributed by atoms with Crippen molar-refractivity contribution in [2.75, 3.05) is 31.6 Å². The topological polar surface area (TPSA) is 32.8 Å². The van der Waals surface area contributed by atoms with Gasteiger partial charge in [-0.15, -0.1) is 0 Å². The quantitative estimate of drug-likeness (QED) is 0.733. The first-order valence-corrected chi connectivity index (χ1v) is 9.68. The van der Waals surface area contributed by atoms with Crippen molar-refractivity contribution in [1.29, 1.82) is 0 Å². The van der Waals surface area contributed by atoms with Crippen LogP contribution in [0.4, 0.5) is 14.5 Å². The minimum Gasteiger partial charge on any atom is -0.459 e. The number of likely N-dealkylation sites (N-methyl/N-ethyl adjacent to an activating group) is 1. The summed E-state index contributed by atoms with van der Waals surface area (Å²) in [7, 11) is 1.66. The van der Waals surface area contributed by atoms with E-state index in [2.05, 4.69) is 4.90 Å². The lowest BCUT2D eigenvalue weighted by atomic mass is 9.86. The largest absolute Gasteiger partial charge is 0.459 e. The number of fused-ring (bicyclic) bond motifs is 3. The van der Waals surface area contributed by atoms with E-state index in [4.69, 9.17) is 4.74 Å². The summed E-state index contributed by atoms with van der Waals surface area (Å²) in [5.41, 5.74) is 0.862. The maximum atomic E-state index is 14.4. The Kier molecular flexibility index (Phi) is 5.31. The highest BCUT2D eigenvalue weighted by atomic mass is 19.1. The number of piperidine rings is 3. The average molecular weight is 386 g/mol. The summed E-state index contributed by atoms with van der Waals surface area (Å²) < 4.78 is 33.7. The number of hydrogen-bond acceptors (Lipinski definition) is 4. The van der Waals surface area contributed by atoms with Gasteiger partial charge in [-0.3, -0.25) is 4.90 Å². The van der Waals surface area contributed by atoms with E-state index in [1.165, 1.54) is 18.2 Å². The number of para-hydroxylation sites is 1. The lowest BCUT2D eigenvalue weighted by Crippen LogP contribution is -2.52. The Morgan fingerprint density at radius 1 is 1.11 bits per heavy atom. The van der Waals surface area contributed by atoms with E-state index in [0.717, 1.165) is 32.5 Å². The van der Waals surface area contributed by atoms with Gasteiger partial charge in [-0.1, -0.05) is 24.3 Å². The molecule has 2 unspecified atom stereocenters. The molecule has 2 bridgehead atoms. The van der Waals surface area contributed by atoms with Crippen LogP contribution in [0.25, 0.3) is 0 Å². The molecule has 0 amide bonds. The number of carbonyl (C=O) groups excluding carboxylic acids is 1.